The predicted molar refractivity (Wildman–Crippen MR) is 275 cm³/mol. The van der Waals surface area contributed by atoms with E-state index in [9.17, 15) is 76.3 Å². The molecule has 8 N–H and O–H groups in total. The lowest BCUT2D eigenvalue weighted by atomic mass is 10.0. The van der Waals surface area contributed by atoms with Crippen molar-refractivity contribution in [2.75, 3.05) is 30.3 Å². The minimum atomic E-state index is -1.07. The summed E-state index contributed by atoms with van der Waals surface area (Å²) < 4.78 is 23.2. The van der Waals surface area contributed by atoms with Crippen molar-refractivity contribution >= 4 is 100 Å². The molecule has 0 radical (unpaired) electrons. The van der Waals surface area contributed by atoms with E-state index in [4.69, 9.17) is 20.3 Å². The van der Waals surface area contributed by atoms with Crippen molar-refractivity contribution in [2.45, 2.75) is 109 Å². The van der Waals surface area contributed by atoms with Gasteiger partial charge in [-0.05, 0) is 115 Å². The molecule has 28 heteroatoms. The molecule has 428 valence electrons. The van der Waals surface area contributed by atoms with Gasteiger partial charge in [0.2, 0.25) is 35.4 Å². The molecular formula is C53H56FN9O18. The summed E-state index contributed by atoms with van der Waals surface area (Å²) in [5.41, 5.74) is 5.41. The van der Waals surface area contributed by atoms with Crippen molar-refractivity contribution in [1.29, 1.82) is 0 Å². The fraction of sp³-hybridized carbons (Fsp3) is 0.377. The van der Waals surface area contributed by atoms with Crippen LogP contribution in [0.25, 0.3) is 0 Å². The fourth-order valence-corrected chi connectivity index (χ4v) is 8.72. The molecule has 3 aromatic carbocycles. The van der Waals surface area contributed by atoms with E-state index in [0.29, 0.717) is 11.4 Å². The van der Waals surface area contributed by atoms with Gasteiger partial charge >= 0.3 is 17.9 Å². The number of nitrogens with one attached hydrogen (secondary N) is 5. The molecule has 6 heterocycles. The summed E-state index contributed by atoms with van der Waals surface area (Å²) in [4.78, 5) is 179. The molecule has 0 aliphatic carbocycles. The Morgan fingerprint density at radius 1 is 0.519 bits per heavy atom. The Kier molecular flexibility index (Phi) is 18.4. The number of carboxylic acids is 1. The molecule has 3 aromatic rings. The lowest BCUT2D eigenvalue weighted by Crippen LogP contribution is -2.54. The Morgan fingerprint density at radius 2 is 0.840 bits per heavy atom. The third kappa shape index (κ3) is 14.6. The minimum Gasteiger partial charge on any atom is -0.480 e. The summed E-state index contributed by atoms with van der Waals surface area (Å²) >= 11 is 0. The first kappa shape index (κ1) is 60.6. The van der Waals surface area contributed by atoms with E-state index >= 15 is 0 Å². The van der Waals surface area contributed by atoms with Crippen molar-refractivity contribution in [3.63, 3.8) is 0 Å². The SMILES string of the molecule is CC(C)(C)OC(=O)CN.CC(C)(C)OC(=O)CNc1ccc2c(c1)C(=O)N(C1CCC(=O)NC1=O)C2=O.O=C(O)CNc1ccc2c(c1)C(=O)N(C1CCC(=O)NC1=O)C2=O.O=C1CCC(N2C(=O)c3ccc(F)cc3C2=O)C(=O)N1. The van der Waals surface area contributed by atoms with Crippen molar-refractivity contribution in [2.24, 2.45) is 5.73 Å². The van der Waals surface area contributed by atoms with Crippen molar-refractivity contribution in [3.05, 3.63) is 93.8 Å². The number of nitrogens with zero attached hydrogens (tertiary/aromatic N) is 3. The first-order valence-corrected chi connectivity index (χ1v) is 24.9. The highest BCUT2D eigenvalue weighted by molar-refractivity contribution is 6.25. The lowest BCUT2D eigenvalue weighted by Gasteiger charge is -2.27. The van der Waals surface area contributed by atoms with Gasteiger partial charge in [0.15, 0.2) is 0 Å². The number of hydrogen-bond donors (Lipinski definition) is 7. The molecule has 12 amide bonds. The van der Waals surface area contributed by atoms with Crippen LogP contribution in [0.15, 0.2) is 54.6 Å². The number of carbonyl (C=O) groups excluding carboxylic acids is 14. The van der Waals surface area contributed by atoms with E-state index in [1.54, 1.807) is 47.6 Å². The van der Waals surface area contributed by atoms with E-state index in [0.717, 1.165) is 26.8 Å². The standard InChI is InChI=1S/C19H21N3O6.C15H13N3O6.C13H9FN2O4.C6H13NO2/c1-19(2,3)28-15(24)9-20-10-4-5-11-12(8-10)18(27)22(17(11)26)13-6-7-14(23)21-16(13)25;19-11-4-3-10(13(22)17-11)18-14(23)8-2-1-7(16-6-12(20)21)5-9(8)15(18)24;14-6-1-2-7-8(5-6)13(20)16(12(7)19)9-3-4-10(17)15-11(9)18;1-6(2,3)9-5(8)4-7/h4-5,8,13,20H,6-7,9H2,1-3H3,(H,21,23,25);1-2,5,10,16H,3-4,6H2,(H,20,21)(H,17,19,22);1-2,5,9H,3-4H2,(H,15,17,18);4,7H2,1-3H3. The quantitative estimate of drug-likeness (QED) is 0.110. The van der Waals surface area contributed by atoms with Crippen LogP contribution in [0.4, 0.5) is 15.8 Å². The highest BCUT2D eigenvalue weighted by Crippen LogP contribution is 2.32. The summed E-state index contributed by atoms with van der Waals surface area (Å²) in [6.07, 6.45) is 0.429. The van der Waals surface area contributed by atoms with E-state index < -0.39 is 118 Å². The number of rotatable bonds is 10. The number of hydrogen-bond acceptors (Lipinski definition) is 20. The number of esters is 2. The minimum absolute atomic E-state index is 0.0444. The molecule has 3 unspecified atom stereocenters. The van der Waals surface area contributed by atoms with Crippen LogP contribution < -0.4 is 32.3 Å². The second kappa shape index (κ2) is 24.6. The van der Waals surface area contributed by atoms with Crippen molar-refractivity contribution in [3.8, 4) is 0 Å². The Labute approximate surface area is 459 Å². The first-order valence-electron chi connectivity index (χ1n) is 24.9. The third-order valence-corrected chi connectivity index (χ3v) is 12.2. The van der Waals surface area contributed by atoms with Gasteiger partial charge in [0.05, 0.1) is 39.9 Å². The van der Waals surface area contributed by atoms with Gasteiger partial charge in [-0.2, -0.15) is 0 Å². The van der Waals surface area contributed by atoms with Crippen LogP contribution in [0.2, 0.25) is 0 Å². The smallest absolute Gasteiger partial charge is 0.325 e. The monoisotopic (exact) mass is 1130 g/mol. The van der Waals surface area contributed by atoms with Crippen LogP contribution in [0.1, 0.15) is 142 Å². The molecule has 6 aliphatic heterocycles. The van der Waals surface area contributed by atoms with Crippen molar-refractivity contribution < 1.29 is 90.9 Å². The summed E-state index contributed by atoms with van der Waals surface area (Å²) in [6.45, 7) is 10.2. The molecular weight excluding hydrogens is 1070 g/mol. The predicted octanol–water partition coefficient (Wildman–Crippen LogP) is 0.939. The van der Waals surface area contributed by atoms with Crippen LogP contribution >= 0.6 is 0 Å². The van der Waals surface area contributed by atoms with Crippen LogP contribution in [-0.4, -0.2) is 158 Å². The van der Waals surface area contributed by atoms with Crippen LogP contribution in [0, 0.1) is 5.82 Å². The summed E-state index contributed by atoms with van der Waals surface area (Å²) in [6, 6.07) is 9.00. The maximum absolute atomic E-state index is 13.2. The number of imide groups is 6. The number of carbonyl (C=O) groups is 15. The highest BCUT2D eigenvalue weighted by atomic mass is 19.1. The number of piperidine rings is 3. The molecule has 0 spiro atoms. The van der Waals surface area contributed by atoms with Gasteiger partial charge in [-0.3, -0.25) is 103 Å². The van der Waals surface area contributed by atoms with E-state index in [1.807, 2.05) is 0 Å². The molecule has 0 bridgehead atoms. The Morgan fingerprint density at radius 3 is 1.16 bits per heavy atom. The Balaban J connectivity index is 0.000000184. The zero-order valence-corrected chi connectivity index (χ0v) is 44.5. The number of ether oxygens (including phenoxy) is 2. The van der Waals surface area contributed by atoms with Gasteiger partial charge in [0.1, 0.15) is 48.2 Å². The molecule has 27 nitrogen and oxygen atoms in total. The maximum atomic E-state index is 13.2. The topological polar surface area (TPSA) is 391 Å². The summed E-state index contributed by atoms with van der Waals surface area (Å²) in [5, 5.41) is 20.5. The Hall–Kier alpha value is -9.60. The molecule has 3 fully saturated rings. The van der Waals surface area contributed by atoms with Crippen LogP contribution in [-0.2, 0) is 52.6 Å². The normalized spacial score (nSPS) is 19.3. The largest absolute Gasteiger partial charge is 0.480 e. The number of fused-ring (bicyclic) bond motifs is 3. The van der Waals surface area contributed by atoms with Gasteiger partial charge < -0.3 is 30.9 Å². The molecule has 9 rings (SSSR count). The average Bonchev–Trinajstić information content (AvgIpc) is 3.91. The highest BCUT2D eigenvalue weighted by Gasteiger charge is 2.47. The number of amides is 12. The number of carboxylic acid groups (broad SMARTS) is 1. The van der Waals surface area contributed by atoms with Gasteiger partial charge in [-0.15, -0.1) is 0 Å². The van der Waals surface area contributed by atoms with Gasteiger partial charge in [0.25, 0.3) is 35.4 Å². The molecule has 0 aromatic heterocycles. The van der Waals surface area contributed by atoms with Gasteiger partial charge in [0, 0.05) is 30.6 Å². The molecule has 0 saturated carbocycles. The number of aliphatic carboxylic acids is 1. The second-order valence-electron chi connectivity index (χ2n) is 20.5. The molecule has 81 heavy (non-hydrogen) atoms. The summed E-state index contributed by atoms with van der Waals surface area (Å²) in [5.74, 6) is -9.59. The summed E-state index contributed by atoms with van der Waals surface area (Å²) in [7, 11) is 0. The van der Waals surface area contributed by atoms with E-state index in [1.165, 1.54) is 36.4 Å². The number of halogens is 1. The molecule has 6 aliphatic rings. The third-order valence-electron chi connectivity index (χ3n) is 12.2. The van der Waals surface area contributed by atoms with Crippen LogP contribution in [0.3, 0.4) is 0 Å². The first-order chi connectivity index (χ1) is 37.9. The fourth-order valence-electron chi connectivity index (χ4n) is 8.72. The van der Waals surface area contributed by atoms with Crippen LogP contribution in [0.5, 0.6) is 0 Å². The van der Waals surface area contributed by atoms with E-state index in [-0.39, 0.29) is 97.5 Å². The number of benzene rings is 3. The Bertz CT molecular complexity index is 3220. The zero-order valence-electron chi connectivity index (χ0n) is 44.5. The van der Waals surface area contributed by atoms with Gasteiger partial charge in [-0.25, -0.2) is 4.39 Å². The average molecular weight is 1130 g/mol. The molecule has 3 atom stereocenters. The van der Waals surface area contributed by atoms with Gasteiger partial charge in [-0.1, -0.05) is 0 Å². The van der Waals surface area contributed by atoms with E-state index in [2.05, 4.69) is 26.6 Å². The number of nitrogens with two attached hydrogens (primary N) is 1. The number of anilines is 2. The second-order valence-corrected chi connectivity index (χ2v) is 20.5. The lowest BCUT2D eigenvalue weighted by molar-refractivity contribution is -0.153. The molecule has 3 saturated heterocycles. The zero-order chi connectivity index (χ0) is 60.0. The van der Waals surface area contributed by atoms with Crippen molar-refractivity contribution in [1.82, 2.24) is 30.7 Å². The maximum Gasteiger partial charge on any atom is 0.325 e.